The van der Waals surface area contributed by atoms with E-state index in [0.29, 0.717) is 34.8 Å². The molecule has 35 heavy (non-hydrogen) atoms. The lowest BCUT2D eigenvalue weighted by atomic mass is 10.1. The third-order valence-corrected chi connectivity index (χ3v) is 4.62. The molecule has 0 aliphatic heterocycles. The van der Waals surface area contributed by atoms with Crippen molar-refractivity contribution in [2.24, 2.45) is 5.10 Å². The highest BCUT2D eigenvalue weighted by Gasteiger charge is 2.33. The SMILES string of the molecule is COc1cc(/C=N\Nc2ccc(C(F)(F)F)cc2[N+](=O)[O-])ccc1OCc1cccc([N+](=O)[O-])c1. The molecule has 3 rings (SSSR count). The number of nitrogens with zero attached hydrogens (tertiary/aromatic N) is 3. The molecule has 13 heteroatoms. The number of hydrogen-bond acceptors (Lipinski definition) is 8. The number of non-ortho nitro benzene ring substituents is 1. The topological polar surface area (TPSA) is 129 Å². The molecule has 0 fully saturated rings. The maximum Gasteiger partial charge on any atom is 0.416 e. The molecule has 182 valence electrons. The Morgan fingerprint density at radius 1 is 1.00 bits per heavy atom. The van der Waals surface area contributed by atoms with Crippen LogP contribution >= 0.6 is 0 Å². The van der Waals surface area contributed by atoms with E-state index < -0.39 is 27.3 Å². The van der Waals surface area contributed by atoms with Crippen LogP contribution in [-0.4, -0.2) is 23.2 Å². The highest BCUT2D eigenvalue weighted by molar-refractivity contribution is 5.82. The molecule has 0 aromatic heterocycles. The fourth-order valence-electron chi connectivity index (χ4n) is 2.93. The molecule has 10 nitrogen and oxygen atoms in total. The number of hydrazone groups is 1. The van der Waals surface area contributed by atoms with Gasteiger partial charge in [0, 0.05) is 18.2 Å². The Labute approximate surface area is 195 Å². The molecule has 0 radical (unpaired) electrons. The number of nitrogens with one attached hydrogen (secondary N) is 1. The number of alkyl halides is 3. The number of rotatable bonds is 9. The number of methoxy groups -OCH3 is 1. The number of nitro benzene ring substituents is 2. The van der Waals surface area contributed by atoms with E-state index in [1.165, 1.54) is 25.5 Å². The number of ether oxygens (including phenoxy) is 2. The lowest BCUT2D eigenvalue weighted by molar-refractivity contribution is -0.385. The molecule has 0 saturated carbocycles. The molecule has 0 unspecified atom stereocenters. The molecule has 0 saturated heterocycles. The normalized spacial score (nSPS) is 11.3. The summed E-state index contributed by atoms with van der Waals surface area (Å²) in [5.74, 6) is 0.669. The number of nitro groups is 2. The highest BCUT2D eigenvalue weighted by Crippen LogP contribution is 2.35. The van der Waals surface area contributed by atoms with Gasteiger partial charge in [-0.15, -0.1) is 0 Å². The summed E-state index contributed by atoms with van der Waals surface area (Å²) in [5.41, 5.74) is 1.23. The molecule has 0 heterocycles. The molecule has 3 aromatic carbocycles. The highest BCUT2D eigenvalue weighted by atomic mass is 19.4. The summed E-state index contributed by atoms with van der Waals surface area (Å²) in [6.45, 7) is 0.0462. The molecule has 0 atom stereocenters. The van der Waals surface area contributed by atoms with Gasteiger partial charge < -0.3 is 9.47 Å². The van der Waals surface area contributed by atoms with E-state index in [9.17, 15) is 33.4 Å². The van der Waals surface area contributed by atoms with Crippen LogP contribution in [0.2, 0.25) is 0 Å². The van der Waals surface area contributed by atoms with Gasteiger partial charge in [0.05, 0.1) is 28.7 Å². The van der Waals surface area contributed by atoms with E-state index >= 15 is 0 Å². The zero-order valence-electron chi connectivity index (χ0n) is 18.0. The van der Waals surface area contributed by atoms with Crippen molar-refractivity contribution >= 4 is 23.3 Å². The van der Waals surface area contributed by atoms with E-state index in [0.717, 1.165) is 6.07 Å². The van der Waals surface area contributed by atoms with Crippen molar-refractivity contribution in [3.63, 3.8) is 0 Å². The molecule has 0 amide bonds. The zero-order chi connectivity index (χ0) is 25.6. The van der Waals surface area contributed by atoms with Crippen LogP contribution in [-0.2, 0) is 12.8 Å². The van der Waals surface area contributed by atoms with Gasteiger partial charge in [-0.2, -0.15) is 18.3 Å². The number of hydrogen-bond donors (Lipinski definition) is 1. The molecular formula is C22H17F3N4O6. The van der Waals surface area contributed by atoms with E-state index in [1.807, 2.05) is 0 Å². The first-order chi connectivity index (χ1) is 16.6. The minimum atomic E-state index is -4.72. The van der Waals surface area contributed by atoms with Crippen molar-refractivity contribution in [3.8, 4) is 11.5 Å². The molecule has 0 spiro atoms. The summed E-state index contributed by atoms with van der Waals surface area (Å²) in [4.78, 5) is 20.6. The summed E-state index contributed by atoms with van der Waals surface area (Å²) in [5, 5.41) is 25.9. The Balaban J connectivity index is 1.72. The van der Waals surface area contributed by atoms with Gasteiger partial charge in [-0.3, -0.25) is 25.7 Å². The third-order valence-electron chi connectivity index (χ3n) is 4.62. The largest absolute Gasteiger partial charge is 0.493 e. The fourth-order valence-corrected chi connectivity index (χ4v) is 2.93. The summed E-state index contributed by atoms with van der Waals surface area (Å²) in [6, 6.07) is 12.7. The van der Waals surface area contributed by atoms with Gasteiger partial charge in [0.25, 0.3) is 11.4 Å². The number of anilines is 1. The predicted octanol–water partition coefficient (Wildman–Crippen LogP) is 5.56. The average Bonchev–Trinajstić information content (AvgIpc) is 2.82. The van der Waals surface area contributed by atoms with E-state index in [-0.39, 0.29) is 18.0 Å². The lowest BCUT2D eigenvalue weighted by Crippen LogP contribution is -2.06. The summed E-state index contributed by atoms with van der Waals surface area (Å²) < 4.78 is 49.4. The summed E-state index contributed by atoms with van der Waals surface area (Å²) >= 11 is 0. The Kier molecular flexibility index (Phi) is 7.49. The molecule has 1 N–H and O–H groups in total. The Bertz CT molecular complexity index is 1280. The summed E-state index contributed by atoms with van der Waals surface area (Å²) in [7, 11) is 1.40. The van der Waals surface area contributed by atoms with Crippen molar-refractivity contribution in [2.45, 2.75) is 12.8 Å². The minimum absolute atomic E-state index is 0.0462. The first-order valence-electron chi connectivity index (χ1n) is 9.77. The second-order valence-electron chi connectivity index (χ2n) is 6.98. The molecule has 0 bridgehead atoms. The van der Waals surface area contributed by atoms with Gasteiger partial charge in [0.2, 0.25) is 0 Å². The van der Waals surface area contributed by atoms with Gasteiger partial charge in [-0.05, 0) is 41.5 Å². The van der Waals surface area contributed by atoms with Crippen LogP contribution in [0.1, 0.15) is 16.7 Å². The van der Waals surface area contributed by atoms with Crippen LogP contribution in [0.25, 0.3) is 0 Å². The first-order valence-corrected chi connectivity index (χ1v) is 9.77. The molecule has 0 aliphatic rings. The molecular weight excluding hydrogens is 473 g/mol. The van der Waals surface area contributed by atoms with Gasteiger partial charge >= 0.3 is 6.18 Å². The summed E-state index contributed by atoms with van der Waals surface area (Å²) in [6.07, 6.45) is -3.43. The first kappa shape index (κ1) is 25.0. The number of halogens is 3. The minimum Gasteiger partial charge on any atom is -0.493 e. The monoisotopic (exact) mass is 490 g/mol. The van der Waals surface area contributed by atoms with Crippen molar-refractivity contribution < 1.29 is 32.5 Å². The van der Waals surface area contributed by atoms with E-state index in [2.05, 4.69) is 10.5 Å². The van der Waals surface area contributed by atoms with Crippen molar-refractivity contribution in [1.29, 1.82) is 0 Å². The van der Waals surface area contributed by atoms with Crippen LogP contribution in [0.3, 0.4) is 0 Å². The maximum atomic E-state index is 12.8. The van der Waals surface area contributed by atoms with Crippen molar-refractivity contribution in [3.05, 3.63) is 97.6 Å². The Morgan fingerprint density at radius 3 is 2.43 bits per heavy atom. The third kappa shape index (κ3) is 6.43. The Hall–Kier alpha value is -4.68. The standard InChI is InChI=1S/C22H17F3N4O6/c1-34-21-10-14(5-8-20(21)35-13-15-3-2-4-17(9-15)28(30)31)12-26-27-18-7-6-16(22(23,24)25)11-19(18)29(32)33/h2-12,27H,13H2,1H3/b26-12-. The smallest absolute Gasteiger partial charge is 0.416 e. The number of benzene rings is 3. The maximum absolute atomic E-state index is 12.8. The zero-order valence-corrected chi connectivity index (χ0v) is 18.0. The molecule has 3 aromatic rings. The van der Waals surface area contributed by atoms with Gasteiger partial charge in [0.1, 0.15) is 12.3 Å². The van der Waals surface area contributed by atoms with Crippen LogP contribution < -0.4 is 14.9 Å². The lowest BCUT2D eigenvalue weighted by Gasteiger charge is -2.11. The van der Waals surface area contributed by atoms with Gasteiger partial charge in [0.15, 0.2) is 11.5 Å². The van der Waals surface area contributed by atoms with Crippen LogP contribution in [0.5, 0.6) is 11.5 Å². The second-order valence-corrected chi connectivity index (χ2v) is 6.98. The van der Waals surface area contributed by atoms with E-state index in [4.69, 9.17) is 9.47 Å². The van der Waals surface area contributed by atoms with Gasteiger partial charge in [-0.1, -0.05) is 12.1 Å². The van der Waals surface area contributed by atoms with Crippen LogP contribution in [0.4, 0.5) is 30.2 Å². The predicted molar refractivity (Wildman–Crippen MR) is 120 cm³/mol. The second kappa shape index (κ2) is 10.5. The quantitative estimate of drug-likeness (QED) is 0.236. The van der Waals surface area contributed by atoms with Gasteiger partial charge in [-0.25, -0.2) is 0 Å². The van der Waals surface area contributed by atoms with E-state index in [1.54, 1.807) is 30.3 Å². The van der Waals surface area contributed by atoms with Crippen LogP contribution in [0, 0.1) is 20.2 Å². The Morgan fingerprint density at radius 2 is 1.77 bits per heavy atom. The van der Waals surface area contributed by atoms with Crippen molar-refractivity contribution in [1.82, 2.24) is 0 Å². The average molecular weight is 490 g/mol. The van der Waals surface area contributed by atoms with Crippen molar-refractivity contribution in [2.75, 3.05) is 12.5 Å². The fraction of sp³-hybridized carbons (Fsp3) is 0.136. The molecule has 0 aliphatic carbocycles. The van der Waals surface area contributed by atoms with Crippen LogP contribution in [0.15, 0.2) is 65.8 Å².